The number of hydrogen-bond donors (Lipinski definition) is 1. The van der Waals surface area contributed by atoms with Gasteiger partial charge in [-0.15, -0.1) is 0 Å². The van der Waals surface area contributed by atoms with Gasteiger partial charge in [-0.3, -0.25) is 14.5 Å². The van der Waals surface area contributed by atoms with E-state index >= 15 is 0 Å². The van der Waals surface area contributed by atoms with Gasteiger partial charge in [0.05, 0.1) is 15.8 Å². The number of imide groups is 1. The van der Waals surface area contributed by atoms with Crippen LogP contribution in [0.25, 0.3) is 0 Å². The Morgan fingerprint density at radius 1 is 1.40 bits per heavy atom. The van der Waals surface area contributed by atoms with Crippen LogP contribution in [0.4, 0.5) is 4.39 Å². The van der Waals surface area contributed by atoms with Crippen LogP contribution in [-0.2, 0) is 19.6 Å². The molecule has 1 fully saturated rings. The Morgan fingerprint density at radius 3 is 2.55 bits per heavy atom. The van der Waals surface area contributed by atoms with E-state index in [0.717, 1.165) is 11.0 Å². The number of benzene rings is 1. The molecule has 1 aromatic carbocycles. The summed E-state index contributed by atoms with van der Waals surface area (Å²) in [6, 6.07) is 2.12. The molecule has 1 saturated heterocycles. The molecule has 1 heterocycles. The minimum absolute atomic E-state index is 0.128. The first kappa shape index (κ1) is 15.1. The molecule has 1 aromatic rings. The van der Waals surface area contributed by atoms with E-state index in [4.69, 9.17) is 0 Å². The molecule has 20 heavy (non-hydrogen) atoms. The van der Waals surface area contributed by atoms with Gasteiger partial charge in [0.1, 0.15) is 11.9 Å². The molecule has 0 bridgehead atoms. The fourth-order valence-electron chi connectivity index (χ4n) is 1.75. The van der Waals surface area contributed by atoms with E-state index in [1.807, 2.05) is 0 Å². The number of nitrogens with zero attached hydrogens (tertiary/aromatic N) is 1. The first-order valence-electron chi connectivity index (χ1n) is 5.50. The minimum Gasteiger partial charge on any atom is -0.284 e. The van der Waals surface area contributed by atoms with Gasteiger partial charge < -0.3 is 0 Å². The number of rotatable bonds is 3. The number of halogens is 2. The lowest BCUT2D eigenvalue weighted by Crippen LogP contribution is -2.40. The number of hydrogen-bond acceptors (Lipinski definition) is 4. The van der Waals surface area contributed by atoms with Gasteiger partial charge in [-0.1, -0.05) is 0 Å². The molecule has 108 valence electrons. The average molecular weight is 365 g/mol. The number of likely N-dealkylation sites (N-methyl/N-ethyl adjacent to an activating group) is 1. The fourth-order valence-corrected chi connectivity index (χ4v) is 3.19. The van der Waals surface area contributed by atoms with Crippen LogP contribution in [0.3, 0.4) is 0 Å². The maximum Gasteiger partial charge on any atom is 0.247 e. The van der Waals surface area contributed by atoms with Crippen LogP contribution in [0.5, 0.6) is 0 Å². The predicted octanol–water partition coefficient (Wildman–Crippen LogP) is 0.624. The van der Waals surface area contributed by atoms with Crippen molar-refractivity contribution >= 4 is 37.8 Å². The highest BCUT2D eigenvalue weighted by Gasteiger charge is 2.38. The maximum atomic E-state index is 13.4. The molecular weight excluding hydrogens is 355 g/mol. The first-order chi connectivity index (χ1) is 9.22. The first-order valence-corrected chi connectivity index (χ1v) is 7.78. The van der Waals surface area contributed by atoms with Crippen LogP contribution in [0.2, 0.25) is 0 Å². The Morgan fingerprint density at radius 2 is 2.05 bits per heavy atom. The van der Waals surface area contributed by atoms with Gasteiger partial charge in [-0.05, 0) is 34.1 Å². The van der Waals surface area contributed by atoms with Crippen molar-refractivity contribution in [2.45, 2.75) is 17.4 Å². The molecule has 6 nitrogen and oxygen atoms in total. The predicted molar refractivity (Wildman–Crippen MR) is 70.6 cm³/mol. The topological polar surface area (TPSA) is 83.6 Å². The molecule has 1 aliphatic rings. The van der Waals surface area contributed by atoms with Crippen LogP contribution in [0, 0.1) is 5.82 Å². The van der Waals surface area contributed by atoms with Gasteiger partial charge in [0.15, 0.2) is 0 Å². The molecule has 0 radical (unpaired) electrons. The van der Waals surface area contributed by atoms with E-state index in [9.17, 15) is 22.4 Å². The lowest BCUT2D eigenvalue weighted by atomic mass is 10.3. The standard InChI is InChI=1S/C11H10BrFN2O4S/c1-15-10(16)5-9(11(15)17)14-20(18,19)6-2-3-7(12)8(13)4-6/h2-4,9,14H,5H2,1H3. The zero-order chi connectivity index (χ0) is 15.1. The molecule has 0 spiro atoms. The van der Waals surface area contributed by atoms with E-state index in [0.29, 0.717) is 0 Å². The molecule has 0 aliphatic carbocycles. The van der Waals surface area contributed by atoms with Crippen molar-refractivity contribution < 1.29 is 22.4 Å². The van der Waals surface area contributed by atoms with Gasteiger partial charge in [-0.2, -0.15) is 4.72 Å². The summed E-state index contributed by atoms with van der Waals surface area (Å²) >= 11 is 2.91. The Kier molecular flexibility index (Phi) is 3.94. The molecule has 1 unspecified atom stereocenters. The number of carbonyl (C=O) groups excluding carboxylic acids is 2. The Labute approximate surface area is 123 Å². The third-order valence-electron chi connectivity index (χ3n) is 2.88. The summed E-state index contributed by atoms with van der Waals surface area (Å²) in [6.45, 7) is 0. The summed E-state index contributed by atoms with van der Waals surface area (Å²) in [5.74, 6) is -1.83. The van der Waals surface area contributed by atoms with Crippen molar-refractivity contribution in [1.82, 2.24) is 9.62 Å². The molecule has 0 saturated carbocycles. The lowest BCUT2D eigenvalue weighted by molar-refractivity contribution is -0.137. The normalized spacial score (nSPS) is 19.8. The number of sulfonamides is 1. The fraction of sp³-hybridized carbons (Fsp3) is 0.273. The number of likely N-dealkylation sites (tertiary alicyclic amines) is 1. The van der Waals surface area contributed by atoms with Gasteiger partial charge in [-0.25, -0.2) is 12.8 Å². The monoisotopic (exact) mass is 364 g/mol. The van der Waals surface area contributed by atoms with E-state index in [-0.39, 0.29) is 15.8 Å². The number of amides is 2. The van der Waals surface area contributed by atoms with E-state index in [1.165, 1.54) is 19.2 Å². The third kappa shape index (κ3) is 2.74. The van der Waals surface area contributed by atoms with Crippen LogP contribution in [0.1, 0.15) is 6.42 Å². The molecule has 2 amide bonds. The molecule has 1 atom stereocenters. The van der Waals surface area contributed by atoms with E-state index < -0.39 is 33.7 Å². The Hall–Kier alpha value is -1.32. The van der Waals surface area contributed by atoms with Gasteiger partial charge in [0.25, 0.3) is 0 Å². The van der Waals surface area contributed by atoms with Crippen molar-refractivity contribution in [2.75, 3.05) is 7.05 Å². The van der Waals surface area contributed by atoms with E-state index in [2.05, 4.69) is 20.7 Å². The van der Waals surface area contributed by atoms with Crippen LogP contribution < -0.4 is 4.72 Å². The lowest BCUT2D eigenvalue weighted by Gasteiger charge is -2.12. The quantitative estimate of drug-likeness (QED) is 0.797. The largest absolute Gasteiger partial charge is 0.284 e. The Balaban J connectivity index is 2.26. The molecule has 1 aliphatic heterocycles. The zero-order valence-electron chi connectivity index (χ0n) is 10.3. The smallest absolute Gasteiger partial charge is 0.247 e. The van der Waals surface area contributed by atoms with E-state index in [1.54, 1.807) is 0 Å². The summed E-state index contributed by atoms with van der Waals surface area (Å²) in [5, 5.41) is 0. The molecule has 0 aromatic heterocycles. The van der Waals surface area contributed by atoms with Crippen molar-refractivity contribution in [2.24, 2.45) is 0 Å². The van der Waals surface area contributed by atoms with Crippen LogP contribution in [0.15, 0.2) is 27.6 Å². The molecule has 2 rings (SSSR count). The highest BCUT2D eigenvalue weighted by atomic mass is 79.9. The maximum absolute atomic E-state index is 13.4. The number of carbonyl (C=O) groups is 2. The third-order valence-corrected chi connectivity index (χ3v) is 4.99. The molecule has 1 N–H and O–H groups in total. The highest BCUT2D eigenvalue weighted by Crippen LogP contribution is 2.20. The SMILES string of the molecule is CN1C(=O)CC(NS(=O)(=O)c2ccc(Br)c(F)c2)C1=O. The summed E-state index contributed by atoms with van der Waals surface area (Å²) in [5.41, 5.74) is 0. The summed E-state index contributed by atoms with van der Waals surface area (Å²) in [7, 11) is -2.80. The second kappa shape index (κ2) is 5.23. The van der Waals surface area contributed by atoms with Crippen molar-refractivity contribution in [3.63, 3.8) is 0 Å². The second-order valence-corrected chi connectivity index (χ2v) is 6.81. The average Bonchev–Trinajstić information content (AvgIpc) is 2.60. The zero-order valence-corrected chi connectivity index (χ0v) is 12.7. The summed E-state index contributed by atoms with van der Waals surface area (Å²) in [6.07, 6.45) is -0.242. The van der Waals surface area contributed by atoms with Crippen molar-refractivity contribution in [3.8, 4) is 0 Å². The van der Waals surface area contributed by atoms with Crippen molar-refractivity contribution in [3.05, 3.63) is 28.5 Å². The van der Waals surface area contributed by atoms with Gasteiger partial charge in [0, 0.05) is 7.05 Å². The summed E-state index contributed by atoms with van der Waals surface area (Å²) < 4.78 is 39.7. The van der Waals surface area contributed by atoms with Crippen LogP contribution >= 0.6 is 15.9 Å². The van der Waals surface area contributed by atoms with Gasteiger partial charge in [0.2, 0.25) is 21.8 Å². The highest BCUT2D eigenvalue weighted by molar-refractivity contribution is 9.10. The Bertz CT molecular complexity index is 692. The molecule has 9 heteroatoms. The molecular formula is C11H10BrFN2O4S. The minimum atomic E-state index is -4.07. The van der Waals surface area contributed by atoms with Gasteiger partial charge >= 0.3 is 0 Å². The van der Waals surface area contributed by atoms with Crippen molar-refractivity contribution in [1.29, 1.82) is 0 Å². The number of nitrogens with one attached hydrogen (secondary N) is 1. The second-order valence-electron chi connectivity index (χ2n) is 4.24. The van der Waals surface area contributed by atoms with Crippen LogP contribution in [-0.4, -0.2) is 38.2 Å². The summed E-state index contributed by atoms with van der Waals surface area (Å²) in [4.78, 5) is 23.5.